The van der Waals surface area contributed by atoms with Gasteiger partial charge in [0, 0.05) is 19.1 Å². The van der Waals surface area contributed by atoms with Gasteiger partial charge in [0.25, 0.3) is 0 Å². The molecule has 1 saturated heterocycles. The van der Waals surface area contributed by atoms with Crippen LogP contribution in [0.25, 0.3) is 0 Å². The summed E-state index contributed by atoms with van der Waals surface area (Å²) in [6.07, 6.45) is 0. The molecular weight excluding hydrogens is 262 g/mol. The average molecular weight is 282 g/mol. The number of rotatable bonds is 4. The first-order valence-corrected chi connectivity index (χ1v) is 7.31. The molecule has 2 aromatic carbocycles. The van der Waals surface area contributed by atoms with Crippen molar-refractivity contribution in [2.24, 2.45) is 0 Å². The van der Waals surface area contributed by atoms with Crippen LogP contribution in [-0.2, 0) is 4.74 Å². The molecule has 2 aromatic rings. The van der Waals surface area contributed by atoms with Crippen LogP contribution in [0, 0.1) is 6.92 Å². The largest absolute Gasteiger partial charge is 0.457 e. The average Bonchev–Trinajstić information content (AvgIpc) is 2.57. The van der Waals surface area contributed by atoms with E-state index >= 15 is 0 Å². The molecule has 1 radical (unpaired) electrons. The molecular formula is C18H20NO2. The molecule has 0 aromatic heterocycles. The topological polar surface area (TPSA) is 21.7 Å². The van der Waals surface area contributed by atoms with E-state index in [1.807, 2.05) is 42.5 Å². The number of para-hydroxylation sites is 1. The number of nitrogens with zero attached hydrogens (tertiary/aromatic N) is 1. The van der Waals surface area contributed by atoms with Crippen LogP contribution in [0.1, 0.15) is 11.6 Å². The molecule has 0 spiro atoms. The van der Waals surface area contributed by atoms with Crippen molar-refractivity contribution in [3.8, 4) is 11.5 Å². The predicted octanol–water partition coefficient (Wildman–Crippen LogP) is 3.69. The summed E-state index contributed by atoms with van der Waals surface area (Å²) in [6.45, 7) is 7.74. The minimum absolute atomic E-state index is 0.166. The van der Waals surface area contributed by atoms with Crippen molar-refractivity contribution in [1.29, 1.82) is 0 Å². The molecule has 1 fully saturated rings. The van der Waals surface area contributed by atoms with Gasteiger partial charge in [-0.05, 0) is 36.8 Å². The van der Waals surface area contributed by atoms with E-state index in [1.54, 1.807) is 0 Å². The van der Waals surface area contributed by atoms with Crippen molar-refractivity contribution in [3.63, 3.8) is 0 Å². The van der Waals surface area contributed by atoms with Gasteiger partial charge >= 0.3 is 0 Å². The second-order valence-corrected chi connectivity index (χ2v) is 5.15. The highest BCUT2D eigenvalue weighted by molar-refractivity contribution is 5.34. The van der Waals surface area contributed by atoms with Gasteiger partial charge in [0.1, 0.15) is 11.5 Å². The molecule has 0 bridgehead atoms. The second kappa shape index (κ2) is 6.74. The number of ether oxygens (including phenoxy) is 2. The van der Waals surface area contributed by atoms with Crippen molar-refractivity contribution in [3.05, 3.63) is 67.1 Å². The van der Waals surface area contributed by atoms with E-state index in [4.69, 9.17) is 9.47 Å². The van der Waals surface area contributed by atoms with Crippen LogP contribution >= 0.6 is 0 Å². The van der Waals surface area contributed by atoms with Crippen LogP contribution in [-0.4, -0.2) is 31.2 Å². The Morgan fingerprint density at radius 3 is 2.19 bits per heavy atom. The maximum atomic E-state index is 5.80. The van der Waals surface area contributed by atoms with E-state index in [0.717, 1.165) is 37.8 Å². The molecule has 3 rings (SSSR count). The quantitative estimate of drug-likeness (QED) is 0.853. The summed E-state index contributed by atoms with van der Waals surface area (Å²) in [4.78, 5) is 2.34. The van der Waals surface area contributed by atoms with Crippen molar-refractivity contribution in [1.82, 2.24) is 4.90 Å². The van der Waals surface area contributed by atoms with E-state index < -0.39 is 0 Å². The first-order chi connectivity index (χ1) is 10.3. The molecule has 21 heavy (non-hydrogen) atoms. The first-order valence-electron chi connectivity index (χ1n) is 7.31. The molecule has 1 aliphatic rings. The van der Waals surface area contributed by atoms with E-state index in [9.17, 15) is 0 Å². The van der Waals surface area contributed by atoms with Gasteiger partial charge in [-0.2, -0.15) is 0 Å². The summed E-state index contributed by atoms with van der Waals surface area (Å²) >= 11 is 0. The number of hydrogen-bond donors (Lipinski definition) is 0. The third kappa shape index (κ3) is 3.63. The highest BCUT2D eigenvalue weighted by atomic mass is 16.5. The second-order valence-electron chi connectivity index (χ2n) is 5.15. The lowest BCUT2D eigenvalue weighted by molar-refractivity contribution is 0.0248. The van der Waals surface area contributed by atoms with Crippen molar-refractivity contribution >= 4 is 0 Å². The Hall–Kier alpha value is -1.84. The number of benzene rings is 2. The van der Waals surface area contributed by atoms with Crippen LogP contribution in [0.4, 0.5) is 0 Å². The predicted molar refractivity (Wildman–Crippen MR) is 83.4 cm³/mol. The Balaban J connectivity index is 1.66. The Bertz CT molecular complexity index is 547. The molecule has 1 atom stereocenters. The Morgan fingerprint density at radius 1 is 0.905 bits per heavy atom. The summed E-state index contributed by atoms with van der Waals surface area (Å²) in [7, 11) is 0. The third-order valence-electron chi connectivity index (χ3n) is 3.73. The first kappa shape index (κ1) is 14.1. The molecule has 3 nitrogen and oxygen atoms in total. The van der Waals surface area contributed by atoms with Crippen molar-refractivity contribution in [2.45, 2.75) is 6.04 Å². The van der Waals surface area contributed by atoms with Gasteiger partial charge in [-0.3, -0.25) is 4.90 Å². The molecule has 1 heterocycles. The molecule has 1 aliphatic heterocycles. The lowest BCUT2D eigenvalue weighted by Crippen LogP contribution is -2.38. The van der Waals surface area contributed by atoms with Gasteiger partial charge in [-0.15, -0.1) is 0 Å². The maximum Gasteiger partial charge on any atom is 0.127 e. The molecule has 0 saturated carbocycles. The fourth-order valence-corrected chi connectivity index (χ4v) is 2.48. The van der Waals surface area contributed by atoms with Crippen LogP contribution in [0.15, 0.2) is 54.6 Å². The Labute approximate surface area is 126 Å². The lowest BCUT2D eigenvalue weighted by atomic mass is 10.1. The van der Waals surface area contributed by atoms with Gasteiger partial charge in [0.2, 0.25) is 0 Å². The van der Waals surface area contributed by atoms with Crippen LogP contribution in [0.2, 0.25) is 0 Å². The normalized spacial score (nSPS) is 17.4. The van der Waals surface area contributed by atoms with E-state index in [-0.39, 0.29) is 6.04 Å². The molecule has 0 amide bonds. The number of hydrogen-bond acceptors (Lipinski definition) is 3. The minimum Gasteiger partial charge on any atom is -0.457 e. The summed E-state index contributed by atoms with van der Waals surface area (Å²) in [6, 6.07) is 18.2. The van der Waals surface area contributed by atoms with Crippen molar-refractivity contribution in [2.75, 3.05) is 26.3 Å². The van der Waals surface area contributed by atoms with Crippen molar-refractivity contribution < 1.29 is 9.47 Å². The standard InChI is InChI=1S/C18H20NO2/c1-15(19-11-13-20-14-12-19)16-7-9-18(10-8-16)21-17-5-3-2-4-6-17/h2-10,15H,1,11-14H2. The van der Waals surface area contributed by atoms with Gasteiger partial charge in [0.15, 0.2) is 0 Å². The van der Waals surface area contributed by atoms with E-state index in [0.29, 0.717) is 0 Å². The summed E-state index contributed by atoms with van der Waals surface area (Å²) in [5.74, 6) is 1.70. The molecule has 3 heteroatoms. The highest BCUT2D eigenvalue weighted by Gasteiger charge is 2.18. The smallest absolute Gasteiger partial charge is 0.127 e. The fourth-order valence-electron chi connectivity index (χ4n) is 2.48. The van der Waals surface area contributed by atoms with Crippen LogP contribution < -0.4 is 4.74 Å². The Morgan fingerprint density at radius 2 is 1.52 bits per heavy atom. The van der Waals surface area contributed by atoms with Gasteiger partial charge in [-0.25, -0.2) is 0 Å². The SMILES string of the molecule is [CH2]C(c1ccc(Oc2ccccc2)cc1)N1CCOCC1. The zero-order valence-corrected chi connectivity index (χ0v) is 12.1. The lowest BCUT2D eigenvalue weighted by Gasteiger charge is -2.32. The summed E-state index contributed by atoms with van der Waals surface area (Å²) < 4.78 is 11.2. The van der Waals surface area contributed by atoms with Gasteiger partial charge in [-0.1, -0.05) is 30.3 Å². The van der Waals surface area contributed by atoms with Gasteiger partial charge in [0.05, 0.1) is 13.2 Å². The zero-order chi connectivity index (χ0) is 14.5. The van der Waals surface area contributed by atoms with Gasteiger partial charge < -0.3 is 9.47 Å². The zero-order valence-electron chi connectivity index (χ0n) is 12.1. The monoisotopic (exact) mass is 282 g/mol. The Kier molecular flexibility index (Phi) is 4.53. The molecule has 109 valence electrons. The molecule has 0 aliphatic carbocycles. The minimum atomic E-state index is 0.166. The van der Waals surface area contributed by atoms with Crippen LogP contribution in [0.3, 0.4) is 0 Å². The summed E-state index contributed by atoms with van der Waals surface area (Å²) in [5, 5.41) is 0. The fraction of sp³-hybridized carbons (Fsp3) is 0.278. The highest BCUT2D eigenvalue weighted by Crippen LogP contribution is 2.25. The summed E-state index contributed by atoms with van der Waals surface area (Å²) in [5.41, 5.74) is 1.21. The van der Waals surface area contributed by atoms with E-state index in [1.165, 1.54) is 5.56 Å². The van der Waals surface area contributed by atoms with Crippen LogP contribution in [0.5, 0.6) is 11.5 Å². The molecule has 0 N–H and O–H groups in total. The number of morpholine rings is 1. The maximum absolute atomic E-state index is 5.80. The van der Waals surface area contributed by atoms with E-state index in [2.05, 4.69) is 24.0 Å². The molecule has 1 unspecified atom stereocenters. The third-order valence-corrected chi connectivity index (χ3v) is 3.73.